The zero-order valence-electron chi connectivity index (χ0n) is 10.5. The minimum Gasteiger partial charge on any atom is -0.507 e. The topological polar surface area (TPSA) is 113 Å². The van der Waals surface area contributed by atoms with Crippen molar-refractivity contribution in [3.63, 3.8) is 0 Å². The summed E-state index contributed by atoms with van der Waals surface area (Å²) in [6.45, 7) is -0.250. The Morgan fingerprint density at radius 3 is 1.58 bits per heavy atom. The van der Waals surface area contributed by atoms with Crippen molar-refractivity contribution >= 4 is 24.8 Å². The van der Waals surface area contributed by atoms with E-state index in [2.05, 4.69) is 0 Å². The molecule has 0 heterocycles. The lowest BCUT2D eigenvalue weighted by Gasteiger charge is -2.14. The second-order valence-corrected chi connectivity index (χ2v) is 4.22. The first kappa shape index (κ1) is 20.8. The van der Waals surface area contributed by atoms with Gasteiger partial charge in [0.2, 0.25) is 0 Å². The molecule has 1 aromatic rings. The number of para-hydroxylation sites is 1. The lowest BCUT2D eigenvalue weighted by Crippen LogP contribution is -2.28. The number of phenols is 1. The van der Waals surface area contributed by atoms with E-state index < -0.39 is 0 Å². The molecule has 2 unspecified atom stereocenters. The molecule has 0 spiro atoms. The number of aliphatic hydroxyl groups is 2. The molecule has 0 aliphatic rings. The molecule has 7 N–H and O–H groups in total. The Morgan fingerprint density at radius 1 is 0.895 bits per heavy atom. The fourth-order valence-electron chi connectivity index (χ4n) is 1.67. The van der Waals surface area contributed by atoms with E-state index in [4.69, 9.17) is 21.7 Å². The summed E-state index contributed by atoms with van der Waals surface area (Å²) in [6, 6.07) is 4.56. The molecule has 5 nitrogen and oxygen atoms in total. The molecule has 19 heavy (non-hydrogen) atoms. The summed E-state index contributed by atoms with van der Waals surface area (Å²) in [5.41, 5.74) is 12.6. The summed E-state index contributed by atoms with van der Waals surface area (Å²) in [7, 11) is 0. The highest BCUT2D eigenvalue weighted by Gasteiger charge is 2.12. The highest BCUT2D eigenvalue weighted by atomic mass is 35.5. The predicted molar refractivity (Wildman–Crippen MR) is 80.1 cm³/mol. The summed E-state index contributed by atoms with van der Waals surface area (Å²) < 4.78 is 0. The van der Waals surface area contributed by atoms with Crippen molar-refractivity contribution in [3.8, 4) is 5.75 Å². The van der Waals surface area contributed by atoms with Crippen LogP contribution in [0.15, 0.2) is 18.2 Å². The van der Waals surface area contributed by atoms with Gasteiger partial charge in [0.25, 0.3) is 0 Å². The zero-order valence-corrected chi connectivity index (χ0v) is 12.2. The first-order chi connectivity index (χ1) is 8.08. The minimum absolute atomic E-state index is 0. The number of rotatable bonds is 6. The summed E-state index contributed by atoms with van der Waals surface area (Å²) >= 11 is 0. The molecule has 0 saturated carbocycles. The van der Waals surface area contributed by atoms with E-state index in [1.54, 1.807) is 18.2 Å². The average molecular weight is 313 g/mol. The first-order valence-corrected chi connectivity index (χ1v) is 5.61. The molecule has 0 aliphatic heterocycles. The quantitative estimate of drug-likeness (QED) is 0.506. The van der Waals surface area contributed by atoms with Crippen LogP contribution in [0.5, 0.6) is 5.75 Å². The van der Waals surface area contributed by atoms with Gasteiger partial charge in [0.15, 0.2) is 0 Å². The van der Waals surface area contributed by atoms with Crippen molar-refractivity contribution in [2.75, 3.05) is 13.2 Å². The van der Waals surface area contributed by atoms with Gasteiger partial charge < -0.3 is 26.8 Å². The van der Waals surface area contributed by atoms with E-state index in [0.29, 0.717) is 24.0 Å². The molecule has 0 saturated heterocycles. The number of aromatic hydroxyl groups is 1. The maximum Gasteiger partial charge on any atom is 0.122 e. The predicted octanol–water partition coefficient (Wildman–Crippen LogP) is -0.0400. The van der Waals surface area contributed by atoms with Gasteiger partial charge in [-0.2, -0.15) is 0 Å². The van der Waals surface area contributed by atoms with Gasteiger partial charge in [0.1, 0.15) is 5.75 Å². The number of halogens is 2. The smallest absolute Gasteiger partial charge is 0.122 e. The third-order valence-electron chi connectivity index (χ3n) is 2.64. The van der Waals surface area contributed by atoms with E-state index in [-0.39, 0.29) is 55.9 Å². The fourth-order valence-corrected chi connectivity index (χ4v) is 1.67. The molecule has 1 aromatic carbocycles. The van der Waals surface area contributed by atoms with E-state index in [0.717, 1.165) is 0 Å². The van der Waals surface area contributed by atoms with Crippen molar-refractivity contribution in [2.24, 2.45) is 11.5 Å². The highest BCUT2D eigenvalue weighted by molar-refractivity contribution is 5.85. The van der Waals surface area contributed by atoms with E-state index >= 15 is 0 Å². The SMILES string of the molecule is Cl.Cl.NC(CO)Cc1cccc(CC(N)CO)c1O. The Bertz CT molecular complexity index is 337. The first-order valence-electron chi connectivity index (χ1n) is 5.61. The molecule has 2 atom stereocenters. The van der Waals surface area contributed by atoms with Crippen LogP contribution in [0.25, 0.3) is 0 Å². The molecular weight excluding hydrogens is 291 g/mol. The molecule has 0 aliphatic carbocycles. The van der Waals surface area contributed by atoms with Gasteiger partial charge in [-0.3, -0.25) is 0 Å². The van der Waals surface area contributed by atoms with Gasteiger partial charge in [-0.1, -0.05) is 18.2 Å². The summed E-state index contributed by atoms with van der Waals surface area (Å²) in [4.78, 5) is 0. The second kappa shape index (κ2) is 10.3. The van der Waals surface area contributed by atoms with Crippen LogP contribution in [0, 0.1) is 0 Å². The Hall–Kier alpha value is -0.560. The molecule has 0 radical (unpaired) electrons. The number of benzene rings is 1. The van der Waals surface area contributed by atoms with Crippen LogP contribution >= 0.6 is 24.8 Å². The molecule has 0 bridgehead atoms. The molecule has 112 valence electrons. The number of nitrogens with two attached hydrogens (primary N) is 2. The van der Waals surface area contributed by atoms with Crippen LogP contribution in [0.2, 0.25) is 0 Å². The second-order valence-electron chi connectivity index (χ2n) is 4.22. The van der Waals surface area contributed by atoms with Crippen LogP contribution in [-0.4, -0.2) is 40.6 Å². The van der Waals surface area contributed by atoms with Gasteiger partial charge in [0, 0.05) is 12.1 Å². The summed E-state index contributed by atoms with van der Waals surface area (Å²) in [5, 5.41) is 27.8. The normalized spacial score (nSPS) is 13.1. The maximum atomic E-state index is 10.0. The molecule has 1 rings (SSSR count). The third-order valence-corrected chi connectivity index (χ3v) is 2.64. The molecule has 0 amide bonds. The van der Waals surface area contributed by atoms with Gasteiger partial charge in [-0.25, -0.2) is 0 Å². The van der Waals surface area contributed by atoms with Crippen molar-refractivity contribution < 1.29 is 15.3 Å². The monoisotopic (exact) mass is 312 g/mol. The largest absolute Gasteiger partial charge is 0.507 e. The number of hydrogen-bond acceptors (Lipinski definition) is 5. The van der Waals surface area contributed by atoms with E-state index in [1.807, 2.05) is 0 Å². The van der Waals surface area contributed by atoms with Gasteiger partial charge in [0.05, 0.1) is 13.2 Å². The van der Waals surface area contributed by atoms with E-state index in [1.165, 1.54) is 0 Å². The van der Waals surface area contributed by atoms with Crippen LogP contribution in [-0.2, 0) is 12.8 Å². The maximum absolute atomic E-state index is 10.0. The zero-order chi connectivity index (χ0) is 12.8. The van der Waals surface area contributed by atoms with Gasteiger partial charge in [-0.15, -0.1) is 24.8 Å². The summed E-state index contributed by atoms with van der Waals surface area (Å²) in [6.07, 6.45) is 0.815. The highest BCUT2D eigenvalue weighted by Crippen LogP contribution is 2.24. The number of aliphatic hydroxyl groups excluding tert-OH is 2. The Balaban J connectivity index is 0. The Kier molecular flexibility index (Phi) is 11.2. The van der Waals surface area contributed by atoms with Crippen molar-refractivity contribution in [2.45, 2.75) is 24.9 Å². The van der Waals surface area contributed by atoms with Gasteiger partial charge in [-0.05, 0) is 24.0 Å². The molecule has 0 aromatic heterocycles. The molecular formula is C12H22Cl2N2O3. The molecule has 7 heteroatoms. The minimum atomic E-state index is -0.386. The average Bonchev–Trinajstić information content (AvgIpc) is 2.33. The van der Waals surface area contributed by atoms with Crippen LogP contribution < -0.4 is 11.5 Å². The lowest BCUT2D eigenvalue weighted by molar-refractivity contribution is 0.263. The standard InChI is InChI=1S/C12H20N2O3.2ClH/c13-10(6-15)4-8-2-1-3-9(12(8)17)5-11(14)7-16;;/h1-3,10-11,15-17H,4-7,13-14H2;2*1H. The summed E-state index contributed by atoms with van der Waals surface area (Å²) in [5.74, 6) is 0.153. The Morgan fingerprint density at radius 2 is 1.26 bits per heavy atom. The van der Waals surface area contributed by atoms with Crippen molar-refractivity contribution in [1.82, 2.24) is 0 Å². The van der Waals surface area contributed by atoms with Crippen molar-refractivity contribution in [1.29, 1.82) is 0 Å². The van der Waals surface area contributed by atoms with Crippen LogP contribution in [0.1, 0.15) is 11.1 Å². The van der Waals surface area contributed by atoms with Gasteiger partial charge >= 0.3 is 0 Å². The number of hydrogen-bond donors (Lipinski definition) is 5. The fraction of sp³-hybridized carbons (Fsp3) is 0.500. The lowest BCUT2D eigenvalue weighted by atomic mass is 9.99. The molecule has 0 fully saturated rings. The van der Waals surface area contributed by atoms with E-state index in [9.17, 15) is 5.11 Å². The van der Waals surface area contributed by atoms with Crippen molar-refractivity contribution in [3.05, 3.63) is 29.3 Å². The Labute approximate surface area is 125 Å². The van der Waals surface area contributed by atoms with Crippen LogP contribution in [0.3, 0.4) is 0 Å². The number of phenolic OH excluding ortho intramolecular Hbond substituents is 1. The van der Waals surface area contributed by atoms with Crippen LogP contribution in [0.4, 0.5) is 0 Å². The third kappa shape index (κ3) is 6.42.